The number of benzene rings is 1. The van der Waals surface area contributed by atoms with Gasteiger partial charge in [0.05, 0.1) is 12.1 Å². The SMILES string of the molecule is CC(=O)c1ccc(Cn2ccc(NC(=O)/C=C\c3cccc(C(F)(F)F)c3)n2)o1. The number of carbonyl (C=O) groups excluding carboxylic acids is 2. The van der Waals surface area contributed by atoms with E-state index in [1.54, 1.807) is 24.4 Å². The third-order valence-corrected chi connectivity index (χ3v) is 3.86. The highest BCUT2D eigenvalue weighted by atomic mass is 19.4. The van der Waals surface area contributed by atoms with Gasteiger partial charge in [0.15, 0.2) is 17.4 Å². The number of amides is 1. The summed E-state index contributed by atoms with van der Waals surface area (Å²) in [5.74, 6) is 0.324. The van der Waals surface area contributed by atoms with Crippen LogP contribution in [-0.4, -0.2) is 21.5 Å². The van der Waals surface area contributed by atoms with Gasteiger partial charge in [-0.25, -0.2) is 0 Å². The standard InChI is InChI=1S/C20H16F3N3O3/c1-13(27)17-7-6-16(29-17)12-26-10-9-18(25-26)24-19(28)8-5-14-3-2-4-15(11-14)20(21,22)23/h2-11H,12H2,1H3,(H,24,25,28)/b8-5-. The average molecular weight is 403 g/mol. The topological polar surface area (TPSA) is 77.1 Å². The molecule has 29 heavy (non-hydrogen) atoms. The number of alkyl halides is 3. The van der Waals surface area contributed by atoms with Gasteiger partial charge in [0.1, 0.15) is 5.76 Å². The number of carbonyl (C=O) groups is 2. The second kappa shape index (κ2) is 8.17. The average Bonchev–Trinajstić information content (AvgIpc) is 3.30. The van der Waals surface area contributed by atoms with E-state index in [1.807, 2.05) is 0 Å². The fourth-order valence-corrected chi connectivity index (χ4v) is 2.49. The molecule has 2 heterocycles. The lowest BCUT2D eigenvalue weighted by atomic mass is 10.1. The molecule has 0 aliphatic heterocycles. The van der Waals surface area contributed by atoms with E-state index >= 15 is 0 Å². The van der Waals surface area contributed by atoms with E-state index in [0.717, 1.165) is 18.2 Å². The fraction of sp³-hybridized carbons (Fsp3) is 0.150. The van der Waals surface area contributed by atoms with Crippen LogP contribution in [0.25, 0.3) is 6.08 Å². The highest BCUT2D eigenvalue weighted by Crippen LogP contribution is 2.29. The van der Waals surface area contributed by atoms with Gasteiger partial charge in [-0.3, -0.25) is 14.3 Å². The summed E-state index contributed by atoms with van der Waals surface area (Å²) in [7, 11) is 0. The molecule has 0 spiro atoms. The number of hydrogen-bond acceptors (Lipinski definition) is 4. The van der Waals surface area contributed by atoms with Gasteiger partial charge in [-0.2, -0.15) is 18.3 Å². The summed E-state index contributed by atoms with van der Waals surface area (Å²) in [6, 6.07) is 9.45. The van der Waals surface area contributed by atoms with E-state index in [9.17, 15) is 22.8 Å². The van der Waals surface area contributed by atoms with Gasteiger partial charge in [0.2, 0.25) is 5.91 Å². The van der Waals surface area contributed by atoms with E-state index in [1.165, 1.54) is 29.8 Å². The number of halogens is 3. The number of furan rings is 1. The molecule has 9 heteroatoms. The summed E-state index contributed by atoms with van der Waals surface area (Å²) >= 11 is 0. The van der Waals surface area contributed by atoms with Crippen LogP contribution in [0.15, 0.2) is 59.2 Å². The van der Waals surface area contributed by atoms with Crippen LogP contribution in [0.2, 0.25) is 0 Å². The summed E-state index contributed by atoms with van der Waals surface area (Å²) in [6.45, 7) is 1.67. The predicted molar refractivity (Wildman–Crippen MR) is 99.1 cm³/mol. The van der Waals surface area contributed by atoms with Crippen molar-refractivity contribution in [1.29, 1.82) is 0 Å². The van der Waals surface area contributed by atoms with Crippen molar-refractivity contribution in [3.63, 3.8) is 0 Å². The molecule has 0 fully saturated rings. The Morgan fingerprint density at radius 2 is 2.00 bits per heavy atom. The Bertz CT molecular complexity index is 1060. The molecule has 0 bridgehead atoms. The molecule has 0 atom stereocenters. The first kappa shape index (κ1) is 20.1. The quantitative estimate of drug-likeness (QED) is 0.489. The number of ketones is 1. The molecule has 0 unspecified atom stereocenters. The van der Waals surface area contributed by atoms with Gasteiger partial charge in [-0.1, -0.05) is 12.1 Å². The Hall–Kier alpha value is -3.62. The predicted octanol–water partition coefficient (Wildman–Crippen LogP) is 4.40. The van der Waals surface area contributed by atoms with Crippen molar-refractivity contribution in [3.05, 3.63) is 77.4 Å². The molecular weight excluding hydrogens is 387 g/mol. The molecule has 1 amide bonds. The van der Waals surface area contributed by atoms with Crippen molar-refractivity contribution in [3.8, 4) is 0 Å². The van der Waals surface area contributed by atoms with Crippen molar-refractivity contribution >= 4 is 23.6 Å². The lowest BCUT2D eigenvalue weighted by Gasteiger charge is -2.06. The maximum absolute atomic E-state index is 12.7. The molecule has 1 N–H and O–H groups in total. The minimum atomic E-state index is -4.45. The van der Waals surface area contributed by atoms with Crippen molar-refractivity contribution in [2.24, 2.45) is 0 Å². The van der Waals surface area contributed by atoms with E-state index in [-0.39, 0.29) is 29.5 Å². The van der Waals surface area contributed by atoms with Crippen LogP contribution in [0.3, 0.4) is 0 Å². The monoisotopic (exact) mass is 403 g/mol. The third-order valence-electron chi connectivity index (χ3n) is 3.86. The zero-order chi connectivity index (χ0) is 21.0. The second-order valence-corrected chi connectivity index (χ2v) is 6.17. The molecular formula is C20H16F3N3O3. The van der Waals surface area contributed by atoms with Crippen LogP contribution in [0.4, 0.5) is 19.0 Å². The summed E-state index contributed by atoms with van der Waals surface area (Å²) in [5.41, 5.74) is -0.538. The van der Waals surface area contributed by atoms with Crippen molar-refractivity contribution in [2.75, 3.05) is 5.32 Å². The zero-order valence-electron chi connectivity index (χ0n) is 15.2. The summed E-state index contributed by atoms with van der Waals surface area (Å²) in [5, 5.41) is 6.68. The largest absolute Gasteiger partial charge is 0.456 e. The lowest BCUT2D eigenvalue weighted by molar-refractivity contribution is -0.137. The smallest absolute Gasteiger partial charge is 0.416 e. The van der Waals surface area contributed by atoms with Gasteiger partial charge in [0, 0.05) is 25.3 Å². The Morgan fingerprint density at radius 3 is 2.69 bits per heavy atom. The molecule has 150 valence electrons. The Labute approximate surface area is 163 Å². The first-order valence-corrected chi connectivity index (χ1v) is 8.50. The molecule has 0 aliphatic rings. The minimum Gasteiger partial charge on any atom is -0.456 e. The zero-order valence-corrected chi connectivity index (χ0v) is 15.2. The van der Waals surface area contributed by atoms with Crippen molar-refractivity contribution in [1.82, 2.24) is 9.78 Å². The molecule has 6 nitrogen and oxygen atoms in total. The molecule has 0 saturated heterocycles. The summed E-state index contributed by atoms with van der Waals surface area (Å²) < 4.78 is 45.0. The molecule has 2 aromatic heterocycles. The lowest BCUT2D eigenvalue weighted by Crippen LogP contribution is -2.09. The molecule has 3 rings (SSSR count). The molecule has 3 aromatic rings. The van der Waals surface area contributed by atoms with Crippen LogP contribution in [0, 0.1) is 0 Å². The normalized spacial score (nSPS) is 11.7. The molecule has 0 aliphatic carbocycles. The van der Waals surface area contributed by atoms with Gasteiger partial charge >= 0.3 is 6.18 Å². The van der Waals surface area contributed by atoms with E-state index in [2.05, 4.69) is 10.4 Å². The highest BCUT2D eigenvalue weighted by molar-refractivity contribution is 6.01. The van der Waals surface area contributed by atoms with Gasteiger partial charge < -0.3 is 9.73 Å². The maximum atomic E-state index is 12.7. The third kappa shape index (κ3) is 5.44. The number of anilines is 1. The van der Waals surface area contributed by atoms with Gasteiger partial charge in [-0.05, 0) is 35.9 Å². The fourth-order valence-electron chi connectivity index (χ4n) is 2.49. The van der Waals surface area contributed by atoms with Crippen molar-refractivity contribution < 1.29 is 27.2 Å². The number of rotatable bonds is 6. The number of nitrogens with zero attached hydrogens (tertiary/aromatic N) is 2. The van der Waals surface area contributed by atoms with Crippen LogP contribution < -0.4 is 5.32 Å². The van der Waals surface area contributed by atoms with Crippen LogP contribution in [0.5, 0.6) is 0 Å². The van der Waals surface area contributed by atoms with E-state index in [4.69, 9.17) is 4.42 Å². The summed E-state index contributed by atoms with van der Waals surface area (Å²) in [6.07, 6.45) is -0.423. The summed E-state index contributed by atoms with van der Waals surface area (Å²) in [4.78, 5) is 23.2. The first-order chi connectivity index (χ1) is 13.7. The molecule has 0 radical (unpaired) electrons. The van der Waals surface area contributed by atoms with E-state index in [0.29, 0.717) is 5.76 Å². The molecule has 0 saturated carbocycles. The van der Waals surface area contributed by atoms with Gasteiger partial charge in [0.25, 0.3) is 0 Å². The minimum absolute atomic E-state index is 0.183. The van der Waals surface area contributed by atoms with Crippen LogP contribution >= 0.6 is 0 Å². The molecule has 1 aromatic carbocycles. The van der Waals surface area contributed by atoms with Crippen molar-refractivity contribution in [2.45, 2.75) is 19.6 Å². The number of hydrogen-bond donors (Lipinski definition) is 1. The van der Waals surface area contributed by atoms with Crippen LogP contribution in [0.1, 0.15) is 34.4 Å². The Morgan fingerprint density at radius 1 is 1.21 bits per heavy atom. The van der Waals surface area contributed by atoms with E-state index < -0.39 is 17.6 Å². The highest BCUT2D eigenvalue weighted by Gasteiger charge is 2.30. The van der Waals surface area contributed by atoms with Crippen LogP contribution in [-0.2, 0) is 17.5 Å². The number of nitrogens with one attached hydrogen (secondary N) is 1. The Kier molecular flexibility index (Phi) is 5.67. The first-order valence-electron chi connectivity index (χ1n) is 8.50. The number of Topliss-reactive ketones (excluding diaryl/α,β-unsaturated/α-hetero) is 1. The van der Waals surface area contributed by atoms with Gasteiger partial charge in [-0.15, -0.1) is 0 Å². The number of aromatic nitrogens is 2. The Balaban J connectivity index is 1.60. The second-order valence-electron chi connectivity index (χ2n) is 6.17. The maximum Gasteiger partial charge on any atom is 0.416 e.